The van der Waals surface area contributed by atoms with Crippen LogP contribution in [0.25, 0.3) is 22.1 Å². The van der Waals surface area contributed by atoms with Crippen LogP contribution in [0.1, 0.15) is 12.2 Å². The smallest absolute Gasteiger partial charge is 0.326 e. The Hall–Kier alpha value is -2.57. The summed E-state index contributed by atoms with van der Waals surface area (Å²) in [6.07, 6.45) is -0.805. The molecule has 0 spiro atoms. The molecule has 0 aliphatic rings. The van der Waals surface area contributed by atoms with Crippen molar-refractivity contribution in [2.75, 3.05) is 12.0 Å². The third-order valence-electron chi connectivity index (χ3n) is 5.20. The van der Waals surface area contributed by atoms with Crippen molar-refractivity contribution in [1.82, 2.24) is 23.7 Å². The number of sulfone groups is 1. The van der Waals surface area contributed by atoms with E-state index in [1.807, 2.05) is 0 Å². The normalized spacial score (nSPS) is 12.8. The van der Waals surface area contributed by atoms with E-state index in [1.165, 1.54) is 12.4 Å². The number of nitrogens with zero attached hydrogens (tertiary/aromatic N) is 5. The van der Waals surface area contributed by atoms with Crippen molar-refractivity contribution in [2.24, 2.45) is 0 Å². The van der Waals surface area contributed by atoms with Crippen LogP contribution in [0.3, 0.4) is 0 Å². The van der Waals surface area contributed by atoms with Gasteiger partial charge in [0, 0.05) is 24.0 Å². The first kappa shape index (κ1) is 24.6. The van der Waals surface area contributed by atoms with Crippen LogP contribution < -0.4 is 5.69 Å². The number of imidazole rings is 2. The second-order valence-electron chi connectivity index (χ2n) is 7.86. The third kappa shape index (κ3) is 5.08. The molecule has 0 radical (unpaired) electrons. The van der Waals surface area contributed by atoms with E-state index < -0.39 is 28.2 Å². The first-order valence-corrected chi connectivity index (χ1v) is 12.8. The third-order valence-corrected chi connectivity index (χ3v) is 6.74. The molecule has 0 fully saturated rings. The zero-order valence-electron chi connectivity index (χ0n) is 17.7. The Morgan fingerprint density at radius 1 is 1.06 bits per heavy atom. The lowest BCUT2D eigenvalue weighted by Gasteiger charge is -2.10. The van der Waals surface area contributed by atoms with Gasteiger partial charge in [0.15, 0.2) is 0 Å². The molecule has 0 N–H and O–H groups in total. The second kappa shape index (κ2) is 8.90. The van der Waals surface area contributed by atoms with Crippen LogP contribution in [0.5, 0.6) is 0 Å². The minimum Gasteiger partial charge on any atom is -0.326 e. The molecule has 34 heavy (non-hydrogen) atoms. The second-order valence-corrected chi connectivity index (χ2v) is 11.0. The van der Waals surface area contributed by atoms with Crippen molar-refractivity contribution < 1.29 is 21.6 Å². The van der Waals surface area contributed by atoms with Gasteiger partial charge in [-0.1, -0.05) is 23.2 Å². The quantitative estimate of drug-likeness (QED) is 0.358. The lowest BCUT2D eigenvalue weighted by molar-refractivity contribution is -0.140. The summed E-state index contributed by atoms with van der Waals surface area (Å²) in [5.41, 5.74) is 0.271. The molecule has 3 heterocycles. The number of fused-ring (bicyclic) bond motifs is 2. The number of rotatable bonds is 7. The SMILES string of the molecule is CS(=O)(=O)CCCn1c(Cn2c(=O)n(CC(F)(F)F)c3c(Cl)cncc32)nc2cc(Cl)ccc21. The fraction of sp³-hybridized carbons (Fsp3) is 0.350. The molecular formula is C20H18Cl2F3N5O3S. The van der Waals surface area contributed by atoms with E-state index >= 15 is 0 Å². The van der Waals surface area contributed by atoms with Gasteiger partial charge in [-0.3, -0.25) is 14.1 Å². The van der Waals surface area contributed by atoms with E-state index in [4.69, 9.17) is 23.2 Å². The summed E-state index contributed by atoms with van der Waals surface area (Å²) < 4.78 is 66.1. The first-order valence-electron chi connectivity index (χ1n) is 9.96. The Labute approximate surface area is 201 Å². The summed E-state index contributed by atoms with van der Waals surface area (Å²) in [5, 5.41) is 0.334. The van der Waals surface area contributed by atoms with Crippen molar-refractivity contribution in [2.45, 2.75) is 32.2 Å². The van der Waals surface area contributed by atoms with E-state index in [0.717, 1.165) is 10.8 Å². The molecule has 182 valence electrons. The van der Waals surface area contributed by atoms with Crippen LogP contribution in [0.15, 0.2) is 35.4 Å². The summed E-state index contributed by atoms with van der Waals surface area (Å²) in [6, 6.07) is 4.97. The van der Waals surface area contributed by atoms with Crippen LogP contribution >= 0.6 is 23.2 Å². The van der Waals surface area contributed by atoms with Gasteiger partial charge >= 0.3 is 11.9 Å². The zero-order chi connectivity index (χ0) is 24.8. The van der Waals surface area contributed by atoms with Crippen molar-refractivity contribution in [1.29, 1.82) is 0 Å². The largest absolute Gasteiger partial charge is 0.406 e. The summed E-state index contributed by atoms with van der Waals surface area (Å²) in [4.78, 5) is 21.5. The molecule has 0 saturated heterocycles. The highest BCUT2D eigenvalue weighted by atomic mass is 35.5. The average molecular weight is 536 g/mol. The number of benzene rings is 1. The first-order chi connectivity index (χ1) is 15.8. The highest BCUT2D eigenvalue weighted by Gasteiger charge is 2.31. The summed E-state index contributed by atoms with van der Waals surface area (Å²) in [7, 11) is -3.21. The molecule has 0 aliphatic heterocycles. The van der Waals surface area contributed by atoms with Crippen LogP contribution in [-0.4, -0.2) is 50.3 Å². The summed E-state index contributed by atoms with van der Waals surface area (Å²) >= 11 is 12.2. The number of alkyl halides is 3. The Balaban J connectivity index is 1.85. The molecule has 3 aromatic heterocycles. The summed E-state index contributed by atoms with van der Waals surface area (Å²) in [5.74, 6) is 0.281. The van der Waals surface area contributed by atoms with E-state index in [1.54, 1.807) is 22.8 Å². The monoisotopic (exact) mass is 535 g/mol. The van der Waals surface area contributed by atoms with Crippen LogP contribution in [0, 0.1) is 0 Å². The van der Waals surface area contributed by atoms with Gasteiger partial charge in [-0.2, -0.15) is 13.2 Å². The number of aromatic nitrogens is 5. The minimum absolute atomic E-state index is 0.0654. The van der Waals surface area contributed by atoms with Gasteiger partial charge in [-0.05, 0) is 24.6 Å². The molecule has 0 bridgehead atoms. The highest BCUT2D eigenvalue weighted by molar-refractivity contribution is 7.90. The predicted octanol–water partition coefficient (Wildman–Crippen LogP) is 3.90. The van der Waals surface area contributed by atoms with E-state index in [-0.39, 0.29) is 41.3 Å². The number of aryl methyl sites for hydroxylation is 1. The molecule has 0 atom stereocenters. The fourth-order valence-corrected chi connectivity index (χ4v) is 4.93. The van der Waals surface area contributed by atoms with E-state index in [9.17, 15) is 26.4 Å². The lowest BCUT2D eigenvalue weighted by atomic mass is 10.3. The molecule has 14 heteroatoms. The number of halogens is 5. The molecule has 0 amide bonds. The van der Waals surface area contributed by atoms with Gasteiger partial charge in [0.1, 0.15) is 22.2 Å². The van der Waals surface area contributed by atoms with Crippen LogP contribution in [-0.2, 0) is 29.5 Å². The van der Waals surface area contributed by atoms with Gasteiger partial charge in [-0.15, -0.1) is 0 Å². The average Bonchev–Trinajstić information content (AvgIpc) is 3.16. The molecule has 1 aromatic carbocycles. The summed E-state index contributed by atoms with van der Waals surface area (Å²) in [6.45, 7) is -1.44. The van der Waals surface area contributed by atoms with Gasteiger partial charge in [0.2, 0.25) is 0 Å². The van der Waals surface area contributed by atoms with Crippen molar-refractivity contribution in [3.63, 3.8) is 0 Å². The topological polar surface area (TPSA) is 91.8 Å². The Morgan fingerprint density at radius 3 is 2.47 bits per heavy atom. The molecule has 4 aromatic rings. The molecule has 0 unspecified atom stereocenters. The van der Waals surface area contributed by atoms with Crippen LogP contribution in [0.4, 0.5) is 13.2 Å². The standard InChI is InChI=1S/C20H18Cl2F3N5O3S/c1-34(32,33)6-2-5-28-15-4-3-12(21)7-14(15)27-17(28)10-29-16-9-26-8-13(22)18(16)30(19(29)31)11-20(23,24)25/h3-4,7-9H,2,5-6,10-11H2,1H3. The molecule has 0 aliphatic carbocycles. The van der Waals surface area contributed by atoms with Crippen molar-refractivity contribution in [3.8, 4) is 0 Å². The maximum Gasteiger partial charge on any atom is 0.406 e. The van der Waals surface area contributed by atoms with Gasteiger partial charge < -0.3 is 4.57 Å². The Morgan fingerprint density at radius 2 is 1.79 bits per heavy atom. The van der Waals surface area contributed by atoms with E-state index in [0.29, 0.717) is 26.4 Å². The maximum absolute atomic E-state index is 13.2. The number of pyridine rings is 1. The fourth-order valence-electron chi connectivity index (χ4n) is 3.86. The maximum atomic E-state index is 13.2. The Kier molecular flexibility index (Phi) is 6.42. The van der Waals surface area contributed by atoms with E-state index in [2.05, 4.69) is 9.97 Å². The van der Waals surface area contributed by atoms with Crippen molar-refractivity contribution >= 4 is 55.1 Å². The molecule has 0 saturated carbocycles. The Bertz CT molecular complexity index is 1560. The number of hydrogen-bond acceptors (Lipinski definition) is 5. The zero-order valence-corrected chi connectivity index (χ0v) is 20.0. The van der Waals surface area contributed by atoms with Crippen LogP contribution in [0.2, 0.25) is 10.0 Å². The molecular weight excluding hydrogens is 518 g/mol. The van der Waals surface area contributed by atoms with Crippen molar-refractivity contribution in [3.05, 3.63) is 56.9 Å². The minimum atomic E-state index is -4.65. The van der Waals surface area contributed by atoms with Gasteiger partial charge in [-0.25, -0.2) is 18.2 Å². The molecule has 8 nitrogen and oxygen atoms in total. The van der Waals surface area contributed by atoms with Gasteiger partial charge in [0.25, 0.3) is 0 Å². The highest BCUT2D eigenvalue weighted by Crippen LogP contribution is 2.27. The number of hydrogen-bond donors (Lipinski definition) is 0. The predicted molar refractivity (Wildman–Crippen MR) is 123 cm³/mol. The lowest BCUT2D eigenvalue weighted by Crippen LogP contribution is -2.30. The molecule has 4 rings (SSSR count). The van der Waals surface area contributed by atoms with Gasteiger partial charge in [0.05, 0.1) is 45.6 Å².